The quantitative estimate of drug-likeness (QED) is 0.478. The molecule has 0 unspecified atom stereocenters. The smallest absolute Gasteiger partial charge is 0.410 e. The fourth-order valence-electron chi connectivity index (χ4n) is 4.22. The zero-order chi connectivity index (χ0) is 19.8. The number of methoxy groups -OCH3 is 1. The van der Waals surface area contributed by atoms with E-state index in [1.54, 1.807) is 17.0 Å². The first-order valence-corrected chi connectivity index (χ1v) is 10.1. The molecule has 0 aliphatic carbocycles. The van der Waals surface area contributed by atoms with Gasteiger partial charge in [-0.15, -0.1) is 0 Å². The summed E-state index contributed by atoms with van der Waals surface area (Å²) in [6, 6.07) is 7.07. The van der Waals surface area contributed by atoms with Crippen LogP contribution in [0.4, 0.5) is 4.79 Å². The highest BCUT2D eigenvalue weighted by molar-refractivity contribution is 6.67. The fraction of sp³-hybridized carbons (Fsp3) is 0.556. The van der Waals surface area contributed by atoms with Crippen LogP contribution in [0.1, 0.15) is 30.7 Å². The third-order valence-corrected chi connectivity index (χ3v) is 5.84. The van der Waals surface area contributed by atoms with Gasteiger partial charge in [0.1, 0.15) is 6.61 Å². The van der Waals surface area contributed by atoms with Crippen molar-refractivity contribution in [2.45, 2.75) is 41.1 Å². The van der Waals surface area contributed by atoms with Crippen molar-refractivity contribution < 1.29 is 19.1 Å². The molecule has 2 aliphatic heterocycles. The van der Waals surface area contributed by atoms with Crippen molar-refractivity contribution in [3.8, 4) is 0 Å². The van der Waals surface area contributed by atoms with Gasteiger partial charge in [-0.25, -0.2) is 4.79 Å². The number of carbonyl (C=O) groups is 2. The second-order valence-corrected chi connectivity index (χ2v) is 9.77. The zero-order valence-corrected chi connectivity index (χ0v) is 17.6. The maximum atomic E-state index is 12.6. The summed E-state index contributed by atoms with van der Waals surface area (Å²) in [5.41, 5.74) is 1.00. The van der Waals surface area contributed by atoms with Gasteiger partial charge in [0.25, 0.3) is 0 Å². The summed E-state index contributed by atoms with van der Waals surface area (Å²) >= 11 is 23.0. The van der Waals surface area contributed by atoms with Crippen molar-refractivity contribution in [2.24, 2.45) is 5.92 Å². The molecule has 1 aromatic rings. The van der Waals surface area contributed by atoms with Crippen LogP contribution < -0.4 is 0 Å². The molecular weight excluding hydrogens is 436 g/mol. The summed E-state index contributed by atoms with van der Waals surface area (Å²) in [5.74, 6) is -0.904. The molecular formula is C18H19Cl4NO4. The van der Waals surface area contributed by atoms with Gasteiger partial charge in [-0.05, 0) is 37.0 Å². The molecule has 27 heavy (non-hydrogen) atoms. The largest absolute Gasteiger partial charge is 0.469 e. The molecule has 2 fully saturated rings. The SMILES string of the molecule is COC(=O)[C@H]1[C@@H](c2ccc(Cl)cc2)C[C@@H]2CC[C@H]1N2C(=O)OCC(Cl)(Cl)Cl. The Labute approximate surface area is 177 Å². The van der Waals surface area contributed by atoms with E-state index in [2.05, 4.69) is 0 Å². The number of nitrogens with zero attached hydrogens (tertiary/aromatic N) is 1. The van der Waals surface area contributed by atoms with Gasteiger partial charge in [0.2, 0.25) is 3.79 Å². The highest BCUT2D eigenvalue weighted by atomic mass is 35.6. The first-order valence-electron chi connectivity index (χ1n) is 8.56. The molecule has 0 aromatic heterocycles. The molecule has 2 heterocycles. The van der Waals surface area contributed by atoms with Crippen molar-refractivity contribution in [2.75, 3.05) is 13.7 Å². The normalized spacial score (nSPS) is 27.4. The fourth-order valence-corrected chi connectivity index (χ4v) is 4.51. The van der Waals surface area contributed by atoms with Crippen LogP contribution in [0.3, 0.4) is 0 Å². The van der Waals surface area contributed by atoms with Gasteiger partial charge in [-0.3, -0.25) is 4.79 Å². The molecule has 1 aromatic carbocycles. The maximum absolute atomic E-state index is 12.6. The van der Waals surface area contributed by atoms with Gasteiger partial charge < -0.3 is 14.4 Å². The maximum Gasteiger partial charge on any atom is 0.410 e. The minimum Gasteiger partial charge on any atom is -0.469 e. The Bertz CT molecular complexity index is 706. The highest BCUT2D eigenvalue weighted by Crippen LogP contribution is 2.48. The monoisotopic (exact) mass is 453 g/mol. The minimum absolute atomic E-state index is 0.0422. The van der Waals surface area contributed by atoms with E-state index >= 15 is 0 Å². The Hall–Kier alpha value is -0.880. The molecule has 2 saturated heterocycles. The average molecular weight is 455 g/mol. The molecule has 148 valence electrons. The van der Waals surface area contributed by atoms with Crippen molar-refractivity contribution in [3.63, 3.8) is 0 Å². The first kappa shape index (κ1) is 20.8. The number of amides is 1. The van der Waals surface area contributed by atoms with Crippen LogP contribution in [0.15, 0.2) is 24.3 Å². The number of alkyl halides is 3. The van der Waals surface area contributed by atoms with E-state index in [9.17, 15) is 9.59 Å². The molecule has 5 nitrogen and oxygen atoms in total. The Morgan fingerprint density at radius 1 is 1.19 bits per heavy atom. The van der Waals surface area contributed by atoms with Crippen LogP contribution in [0.2, 0.25) is 5.02 Å². The molecule has 0 saturated carbocycles. The van der Waals surface area contributed by atoms with E-state index in [-0.39, 0.29) is 30.6 Å². The predicted octanol–water partition coefficient (Wildman–Crippen LogP) is 4.96. The van der Waals surface area contributed by atoms with E-state index in [4.69, 9.17) is 55.9 Å². The van der Waals surface area contributed by atoms with Crippen molar-refractivity contribution in [1.29, 1.82) is 0 Å². The van der Waals surface area contributed by atoms with Crippen LogP contribution >= 0.6 is 46.4 Å². The Morgan fingerprint density at radius 3 is 2.44 bits per heavy atom. The van der Waals surface area contributed by atoms with Crippen LogP contribution in [0.5, 0.6) is 0 Å². The Kier molecular flexibility index (Phi) is 6.36. The predicted molar refractivity (Wildman–Crippen MR) is 105 cm³/mol. The van der Waals surface area contributed by atoms with E-state index < -0.39 is 15.8 Å². The van der Waals surface area contributed by atoms with Crippen molar-refractivity contribution in [1.82, 2.24) is 4.90 Å². The zero-order valence-electron chi connectivity index (χ0n) is 14.5. The third-order valence-electron chi connectivity index (χ3n) is 5.26. The summed E-state index contributed by atoms with van der Waals surface area (Å²) in [6.07, 6.45) is 1.53. The second kappa shape index (κ2) is 8.24. The van der Waals surface area contributed by atoms with Gasteiger partial charge in [0, 0.05) is 23.0 Å². The number of hydrogen-bond donors (Lipinski definition) is 0. The lowest BCUT2D eigenvalue weighted by atomic mass is 9.76. The molecule has 1 amide bonds. The van der Waals surface area contributed by atoms with Gasteiger partial charge in [-0.2, -0.15) is 0 Å². The molecule has 2 bridgehead atoms. The lowest BCUT2D eigenvalue weighted by molar-refractivity contribution is -0.150. The first-order chi connectivity index (χ1) is 12.7. The Morgan fingerprint density at radius 2 is 1.85 bits per heavy atom. The van der Waals surface area contributed by atoms with Crippen LogP contribution in [0, 0.1) is 5.92 Å². The summed E-state index contributed by atoms with van der Waals surface area (Å²) in [7, 11) is 1.35. The molecule has 0 spiro atoms. The number of fused-ring (bicyclic) bond motifs is 2. The third kappa shape index (κ3) is 4.58. The number of hydrogen-bond acceptors (Lipinski definition) is 4. The summed E-state index contributed by atoms with van der Waals surface area (Å²) in [4.78, 5) is 26.8. The molecule has 0 N–H and O–H groups in total. The number of ether oxygens (including phenoxy) is 2. The standard InChI is InChI=1S/C18H19Cl4NO4/c1-26-16(24)15-13(10-2-4-11(19)5-3-10)8-12-6-7-14(15)23(12)17(25)27-9-18(20,21)22/h2-5,12-15H,6-9H2,1H3/t12-,13+,14+,15-/m0/s1. The van der Waals surface area contributed by atoms with Gasteiger partial charge in [0.15, 0.2) is 0 Å². The molecule has 4 atom stereocenters. The lowest BCUT2D eigenvalue weighted by Gasteiger charge is -2.43. The molecule has 9 heteroatoms. The van der Waals surface area contributed by atoms with Gasteiger partial charge in [-0.1, -0.05) is 58.5 Å². The average Bonchev–Trinajstić information content (AvgIpc) is 2.93. The van der Waals surface area contributed by atoms with Crippen LogP contribution in [0.25, 0.3) is 0 Å². The molecule has 2 aliphatic rings. The van der Waals surface area contributed by atoms with Crippen molar-refractivity contribution >= 4 is 58.5 Å². The van der Waals surface area contributed by atoms with Gasteiger partial charge >= 0.3 is 12.1 Å². The number of piperidine rings is 1. The lowest BCUT2D eigenvalue weighted by Crippen LogP contribution is -2.53. The number of benzene rings is 1. The summed E-state index contributed by atoms with van der Waals surface area (Å²) < 4.78 is 8.54. The second-order valence-electron chi connectivity index (χ2n) is 6.82. The topological polar surface area (TPSA) is 55.8 Å². The van der Waals surface area contributed by atoms with Crippen molar-refractivity contribution in [3.05, 3.63) is 34.9 Å². The van der Waals surface area contributed by atoms with Crippen LogP contribution in [-0.4, -0.2) is 46.6 Å². The molecule has 0 radical (unpaired) electrons. The minimum atomic E-state index is -1.68. The Balaban J connectivity index is 1.85. The number of halogens is 4. The van der Waals surface area contributed by atoms with Gasteiger partial charge in [0.05, 0.1) is 13.0 Å². The number of rotatable bonds is 3. The summed E-state index contributed by atoms with van der Waals surface area (Å²) in [5, 5.41) is 0.629. The van der Waals surface area contributed by atoms with E-state index in [1.807, 2.05) is 12.1 Å². The molecule has 3 rings (SSSR count). The number of esters is 1. The van der Waals surface area contributed by atoms with E-state index in [0.29, 0.717) is 17.9 Å². The van der Waals surface area contributed by atoms with E-state index in [0.717, 1.165) is 12.0 Å². The highest BCUT2D eigenvalue weighted by Gasteiger charge is 2.53. The van der Waals surface area contributed by atoms with E-state index in [1.165, 1.54) is 7.11 Å². The summed E-state index contributed by atoms with van der Waals surface area (Å²) in [6.45, 7) is -0.351. The van der Waals surface area contributed by atoms with Crippen LogP contribution in [-0.2, 0) is 14.3 Å². The number of carbonyl (C=O) groups excluding carboxylic acids is 2.